The lowest BCUT2D eigenvalue weighted by Gasteiger charge is -2.27. The van der Waals surface area contributed by atoms with Gasteiger partial charge in [-0.15, -0.1) is 0 Å². The van der Waals surface area contributed by atoms with Gasteiger partial charge in [-0.05, 0) is 38.9 Å². The van der Waals surface area contributed by atoms with Crippen molar-refractivity contribution in [2.75, 3.05) is 18.6 Å². The Hall–Kier alpha value is -0.260. The van der Waals surface area contributed by atoms with E-state index in [9.17, 15) is 9.90 Å². The van der Waals surface area contributed by atoms with Crippen LogP contribution in [0.3, 0.4) is 0 Å². The maximum absolute atomic E-state index is 11.9. The number of hydrogen-bond acceptors (Lipinski definition) is 4. The molecule has 100 valence electrons. The monoisotopic (exact) mass is 260 g/mol. The number of nitrogens with one attached hydrogen (secondary N) is 1. The van der Waals surface area contributed by atoms with Crippen molar-refractivity contribution in [3.05, 3.63) is 0 Å². The second kappa shape index (κ2) is 6.61. The van der Waals surface area contributed by atoms with Gasteiger partial charge in [-0.1, -0.05) is 0 Å². The highest BCUT2D eigenvalue weighted by molar-refractivity contribution is 7.98. The Morgan fingerprint density at radius 2 is 2.06 bits per heavy atom. The highest BCUT2D eigenvalue weighted by atomic mass is 32.2. The largest absolute Gasteiger partial charge is 0.387 e. The number of nitrogens with two attached hydrogens (primary N) is 1. The van der Waals surface area contributed by atoms with Crippen LogP contribution in [-0.4, -0.2) is 41.2 Å². The summed E-state index contributed by atoms with van der Waals surface area (Å²) in [6, 6.07) is 0.263. The average Bonchev–Trinajstić information content (AvgIpc) is 2.27. The van der Waals surface area contributed by atoms with Gasteiger partial charge in [0, 0.05) is 24.3 Å². The molecule has 0 aromatic carbocycles. The fraction of sp³-hybridized carbons (Fsp3) is 0.917. The molecule has 1 saturated carbocycles. The number of thioether (sulfide) groups is 1. The van der Waals surface area contributed by atoms with Gasteiger partial charge in [0.1, 0.15) is 0 Å². The SMILES string of the molecule is CSCC(C)(O)CNC(=O)C1CCC(N)CC1. The van der Waals surface area contributed by atoms with Crippen LogP contribution in [-0.2, 0) is 4.79 Å². The quantitative estimate of drug-likeness (QED) is 0.681. The predicted molar refractivity (Wildman–Crippen MR) is 71.9 cm³/mol. The Balaban J connectivity index is 2.29. The van der Waals surface area contributed by atoms with Gasteiger partial charge in [0.05, 0.1) is 5.60 Å². The van der Waals surface area contributed by atoms with E-state index in [1.807, 2.05) is 6.26 Å². The van der Waals surface area contributed by atoms with Crippen LogP contribution in [0.15, 0.2) is 0 Å². The molecule has 0 heterocycles. The second-order valence-corrected chi connectivity index (χ2v) is 6.13. The maximum atomic E-state index is 11.9. The van der Waals surface area contributed by atoms with Crippen LogP contribution in [0.25, 0.3) is 0 Å². The van der Waals surface area contributed by atoms with Crippen LogP contribution in [0.1, 0.15) is 32.6 Å². The minimum Gasteiger partial charge on any atom is -0.387 e. The highest BCUT2D eigenvalue weighted by Gasteiger charge is 2.26. The number of amides is 1. The van der Waals surface area contributed by atoms with E-state index in [0.717, 1.165) is 25.7 Å². The van der Waals surface area contributed by atoms with E-state index in [2.05, 4.69) is 5.32 Å². The molecule has 4 nitrogen and oxygen atoms in total. The summed E-state index contributed by atoms with van der Waals surface area (Å²) in [5, 5.41) is 12.8. The van der Waals surface area contributed by atoms with Crippen molar-refractivity contribution in [1.82, 2.24) is 5.32 Å². The molecule has 0 bridgehead atoms. The Morgan fingerprint density at radius 1 is 1.47 bits per heavy atom. The van der Waals surface area contributed by atoms with Crippen LogP contribution >= 0.6 is 11.8 Å². The first-order chi connectivity index (χ1) is 7.94. The van der Waals surface area contributed by atoms with E-state index in [1.165, 1.54) is 0 Å². The minimum absolute atomic E-state index is 0.0679. The third-order valence-electron chi connectivity index (χ3n) is 3.24. The molecular formula is C12H24N2O2S. The van der Waals surface area contributed by atoms with Gasteiger partial charge in [-0.2, -0.15) is 11.8 Å². The van der Waals surface area contributed by atoms with Crippen LogP contribution in [0, 0.1) is 5.92 Å². The Morgan fingerprint density at radius 3 is 2.59 bits per heavy atom. The van der Waals surface area contributed by atoms with Crippen molar-refractivity contribution in [2.45, 2.75) is 44.2 Å². The van der Waals surface area contributed by atoms with Gasteiger partial charge in [-0.25, -0.2) is 0 Å². The number of hydrogen-bond donors (Lipinski definition) is 3. The maximum Gasteiger partial charge on any atom is 0.223 e. The first kappa shape index (κ1) is 14.8. The Labute approximate surface area is 108 Å². The van der Waals surface area contributed by atoms with E-state index >= 15 is 0 Å². The van der Waals surface area contributed by atoms with Crippen molar-refractivity contribution in [3.8, 4) is 0 Å². The molecule has 1 aliphatic rings. The lowest BCUT2D eigenvalue weighted by Crippen LogP contribution is -2.45. The molecule has 1 amide bonds. The molecular weight excluding hydrogens is 236 g/mol. The van der Waals surface area contributed by atoms with E-state index in [-0.39, 0.29) is 17.9 Å². The first-order valence-corrected chi connectivity index (χ1v) is 7.58. The minimum atomic E-state index is -0.819. The topological polar surface area (TPSA) is 75.3 Å². The van der Waals surface area contributed by atoms with Gasteiger partial charge in [0.25, 0.3) is 0 Å². The van der Waals surface area contributed by atoms with Gasteiger partial charge >= 0.3 is 0 Å². The van der Waals surface area contributed by atoms with Crippen LogP contribution in [0.4, 0.5) is 0 Å². The van der Waals surface area contributed by atoms with E-state index in [0.29, 0.717) is 12.3 Å². The molecule has 1 unspecified atom stereocenters. The smallest absolute Gasteiger partial charge is 0.223 e. The predicted octanol–water partition coefficient (Wildman–Crippen LogP) is 0.734. The van der Waals surface area contributed by atoms with Gasteiger partial charge in [0.2, 0.25) is 5.91 Å². The van der Waals surface area contributed by atoms with Crippen molar-refractivity contribution >= 4 is 17.7 Å². The summed E-state index contributed by atoms with van der Waals surface area (Å²) in [6.07, 6.45) is 5.55. The van der Waals surface area contributed by atoms with Crippen molar-refractivity contribution in [1.29, 1.82) is 0 Å². The summed E-state index contributed by atoms with van der Waals surface area (Å²) in [7, 11) is 0. The zero-order chi connectivity index (χ0) is 12.9. The third kappa shape index (κ3) is 5.27. The lowest BCUT2D eigenvalue weighted by molar-refractivity contribution is -0.127. The van der Waals surface area contributed by atoms with Crippen LogP contribution in [0.2, 0.25) is 0 Å². The molecule has 0 saturated heterocycles. The summed E-state index contributed by atoms with van der Waals surface area (Å²) < 4.78 is 0. The fourth-order valence-corrected chi connectivity index (χ4v) is 2.89. The highest BCUT2D eigenvalue weighted by Crippen LogP contribution is 2.23. The lowest BCUT2D eigenvalue weighted by atomic mass is 9.86. The van der Waals surface area contributed by atoms with Gasteiger partial charge in [-0.3, -0.25) is 4.79 Å². The summed E-state index contributed by atoms with van der Waals surface area (Å²) >= 11 is 1.58. The normalized spacial score (nSPS) is 28.5. The zero-order valence-corrected chi connectivity index (χ0v) is 11.6. The molecule has 5 heteroatoms. The molecule has 1 aliphatic carbocycles. The molecule has 4 N–H and O–H groups in total. The number of carbonyl (C=O) groups excluding carboxylic acids is 1. The number of carbonyl (C=O) groups is 1. The summed E-state index contributed by atoms with van der Waals surface area (Å²) in [4.78, 5) is 11.9. The van der Waals surface area contributed by atoms with E-state index in [1.54, 1.807) is 18.7 Å². The van der Waals surface area contributed by atoms with Crippen LogP contribution in [0.5, 0.6) is 0 Å². The van der Waals surface area contributed by atoms with E-state index in [4.69, 9.17) is 5.73 Å². The van der Waals surface area contributed by atoms with Gasteiger partial charge in [0.15, 0.2) is 0 Å². The second-order valence-electron chi connectivity index (χ2n) is 5.26. The molecule has 1 rings (SSSR count). The number of aliphatic hydroxyl groups is 1. The molecule has 0 radical (unpaired) electrons. The molecule has 0 aromatic rings. The van der Waals surface area contributed by atoms with Gasteiger partial charge < -0.3 is 16.2 Å². The van der Waals surface area contributed by atoms with E-state index < -0.39 is 5.60 Å². The fourth-order valence-electron chi connectivity index (χ4n) is 2.17. The summed E-state index contributed by atoms with van der Waals surface area (Å²) in [5.74, 6) is 0.779. The standard InChI is InChI=1S/C12H24N2O2S/c1-12(16,8-17-2)7-14-11(15)9-3-5-10(13)6-4-9/h9-10,16H,3-8,13H2,1-2H3,(H,14,15). The van der Waals surface area contributed by atoms with Crippen molar-refractivity contribution < 1.29 is 9.90 Å². The third-order valence-corrected chi connectivity index (χ3v) is 4.15. The molecule has 17 heavy (non-hydrogen) atoms. The molecule has 1 atom stereocenters. The van der Waals surface area contributed by atoms with Crippen LogP contribution < -0.4 is 11.1 Å². The number of rotatable bonds is 5. The first-order valence-electron chi connectivity index (χ1n) is 6.19. The molecule has 1 fully saturated rings. The Bertz CT molecular complexity index is 251. The molecule has 0 aliphatic heterocycles. The zero-order valence-electron chi connectivity index (χ0n) is 10.7. The summed E-state index contributed by atoms with van der Waals surface area (Å²) in [5.41, 5.74) is 4.99. The molecule has 0 aromatic heterocycles. The Kier molecular flexibility index (Phi) is 5.76. The van der Waals surface area contributed by atoms with Crippen molar-refractivity contribution in [3.63, 3.8) is 0 Å². The van der Waals surface area contributed by atoms with Crippen molar-refractivity contribution in [2.24, 2.45) is 11.7 Å². The molecule has 0 spiro atoms. The summed E-state index contributed by atoms with van der Waals surface area (Å²) in [6.45, 7) is 2.08. The average molecular weight is 260 g/mol.